The van der Waals surface area contributed by atoms with E-state index in [4.69, 9.17) is 16.7 Å². The number of nitrogens with zero attached hydrogens (tertiary/aromatic N) is 1. The average Bonchev–Trinajstić information content (AvgIpc) is 2.74. The number of sulfonamides is 2. The number of hydrogen-bond donors (Lipinski definition) is 2. The van der Waals surface area contributed by atoms with E-state index in [2.05, 4.69) is 4.72 Å². The molecule has 0 bridgehead atoms. The summed E-state index contributed by atoms with van der Waals surface area (Å²) in [6, 6.07) is 9.82. The van der Waals surface area contributed by atoms with Gasteiger partial charge >= 0.3 is 5.97 Å². The SMILES string of the molecule is O=C(O)CCc1ccc(S(=O)(=O)Nc2ccc(Cl)c(S(=O)(=O)N3CCCCC3)c2)cc1. The normalized spacial score (nSPS) is 15.5. The molecule has 2 aromatic carbocycles. The summed E-state index contributed by atoms with van der Waals surface area (Å²) < 4.78 is 55.1. The average molecular weight is 487 g/mol. The molecule has 1 fully saturated rings. The van der Waals surface area contributed by atoms with Gasteiger partial charge in [-0.1, -0.05) is 30.2 Å². The largest absolute Gasteiger partial charge is 0.481 e. The van der Waals surface area contributed by atoms with E-state index in [0.29, 0.717) is 18.7 Å². The first kappa shape index (κ1) is 23.5. The zero-order valence-electron chi connectivity index (χ0n) is 16.6. The van der Waals surface area contributed by atoms with Gasteiger partial charge in [-0.25, -0.2) is 16.8 Å². The van der Waals surface area contributed by atoms with Crippen LogP contribution in [0.2, 0.25) is 5.02 Å². The molecule has 1 aliphatic heterocycles. The van der Waals surface area contributed by atoms with Crippen LogP contribution in [0, 0.1) is 0 Å². The molecule has 1 heterocycles. The Morgan fingerprint density at radius 3 is 2.26 bits per heavy atom. The number of halogens is 1. The van der Waals surface area contributed by atoms with Crippen molar-refractivity contribution in [2.45, 2.75) is 41.9 Å². The van der Waals surface area contributed by atoms with Crippen molar-refractivity contribution in [3.63, 3.8) is 0 Å². The summed E-state index contributed by atoms with van der Waals surface area (Å²) in [5, 5.41) is 8.77. The molecule has 0 unspecified atom stereocenters. The Hall–Kier alpha value is -2.14. The van der Waals surface area contributed by atoms with E-state index >= 15 is 0 Å². The zero-order valence-corrected chi connectivity index (χ0v) is 19.0. The number of piperidine rings is 1. The molecule has 2 N–H and O–H groups in total. The molecular weight excluding hydrogens is 464 g/mol. The fourth-order valence-electron chi connectivity index (χ4n) is 3.31. The molecule has 0 amide bonds. The fourth-order valence-corrected chi connectivity index (χ4v) is 6.38. The maximum Gasteiger partial charge on any atom is 0.303 e. The Labute approximate surface area is 186 Å². The number of benzene rings is 2. The van der Waals surface area contributed by atoms with E-state index in [1.165, 1.54) is 34.6 Å². The Kier molecular flexibility index (Phi) is 7.25. The molecule has 31 heavy (non-hydrogen) atoms. The monoisotopic (exact) mass is 486 g/mol. The van der Waals surface area contributed by atoms with Crippen LogP contribution in [0.15, 0.2) is 52.3 Å². The van der Waals surface area contributed by atoms with E-state index < -0.39 is 26.0 Å². The van der Waals surface area contributed by atoms with Crippen molar-refractivity contribution < 1.29 is 26.7 Å². The van der Waals surface area contributed by atoms with Gasteiger partial charge in [0.15, 0.2) is 0 Å². The standard InChI is InChI=1S/C20H23ClN2O6S2/c21-18-10-7-16(14-19(18)31(28,29)23-12-2-1-3-13-23)22-30(26,27)17-8-4-15(5-9-17)6-11-20(24)25/h4-5,7-10,14,22H,1-3,6,11-13H2,(H,24,25). The van der Waals surface area contributed by atoms with Gasteiger partial charge < -0.3 is 5.11 Å². The van der Waals surface area contributed by atoms with E-state index in [1.54, 1.807) is 12.1 Å². The smallest absolute Gasteiger partial charge is 0.303 e. The van der Waals surface area contributed by atoms with E-state index in [0.717, 1.165) is 19.3 Å². The van der Waals surface area contributed by atoms with Crippen LogP contribution in [0.25, 0.3) is 0 Å². The summed E-state index contributed by atoms with van der Waals surface area (Å²) in [4.78, 5) is 10.5. The van der Waals surface area contributed by atoms with Crippen molar-refractivity contribution in [3.05, 3.63) is 53.1 Å². The second-order valence-corrected chi connectivity index (χ2v) is 11.2. The highest BCUT2D eigenvalue weighted by atomic mass is 35.5. The van der Waals surface area contributed by atoms with Crippen molar-refractivity contribution in [2.24, 2.45) is 0 Å². The lowest BCUT2D eigenvalue weighted by atomic mass is 10.1. The first-order chi connectivity index (χ1) is 14.6. The van der Waals surface area contributed by atoms with Gasteiger partial charge in [0.25, 0.3) is 10.0 Å². The third-order valence-electron chi connectivity index (χ3n) is 4.98. The molecule has 11 heteroatoms. The fraction of sp³-hybridized carbons (Fsp3) is 0.350. The summed E-state index contributed by atoms with van der Waals surface area (Å²) in [5.74, 6) is -0.934. The van der Waals surface area contributed by atoms with Gasteiger partial charge in [0.05, 0.1) is 15.6 Å². The van der Waals surface area contributed by atoms with Crippen molar-refractivity contribution >= 4 is 43.3 Å². The molecule has 0 radical (unpaired) electrons. The molecule has 0 spiro atoms. The number of carbonyl (C=O) groups is 1. The van der Waals surface area contributed by atoms with Crippen molar-refractivity contribution in [1.82, 2.24) is 4.31 Å². The molecule has 0 atom stereocenters. The zero-order chi connectivity index (χ0) is 22.6. The number of hydrogen-bond acceptors (Lipinski definition) is 5. The van der Waals surface area contributed by atoms with Crippen LogP contribution in [0.1, 0.15) is 31.2 Å². The van der Waals surface area contributed by atoms with Crippen LogP contribution in [0.5, 0.6) is 0 Å². The van der Waals surface area contributed by atoms with E-state index in [1.807, 2.05) is 0 Å². The number of anilines is 1. The quantitative estimate of drug-likeness (QED) is 0.590. The maximum absolute atomic E-state index is 13.0. The summed E-state index contributed by atoms with van der Waals surface area (Å²) in [6.07, 6.45) is 2.74. The number of rotatable bonds is 8. The van der Waals surface area contributed by atoms with Gasteiger partial charge in [-0.3, -0.25) is 9.52 Å². The topological polar surface area (TPSA) is 121 Å². The molecule has 3 rings (SSSR count). The minimum Gasteiger partial charge on any atom is -0.481 e. The maximum atomic E-state index is 13.0. The molecule has 2 aromatic rings. The van der Waals surface area contributed by atoms with Crippen molar-refractivity contribution in [1.29, 1.82) is 0 Å². The van der Waals surface area contributed by atoms with Crippen LogP contribution in [-0.2, 0) is 31.3 Å². The number of aliphatic carboxylic acids is 1. The molecule has 0 aromatic heterocycles. The second-order valence-electron chi connectivity index (χ2n) is 7.25. The molecule has 8 nitrogen and oxygen atoms in total. The molecule has 0 saturated carbocycles. The summed E-state index contributed by atoms with van der Waals surface area (Å²) in [6.45, 7) is 0.811. The molecule has 1 saturated heterocycles. The van der Waals surface area contributed by atoms with E-state index in [9.17, 15) is 21.6 Å². The highest BCUT2D eigenvalue weighted by Gasteiger charge is 2.28. The van der Waals surface area contributed by atoms with Gasteiger partial charge in [-0.15, -0.1) is 0 Å². The number of carboxylic acid groups (broad SMARTS) is 1. The molecule has 168 valence electrons. The van der Waals surface area contributed by atoms with Crippen LogP contribution in [-0.4, -0.2) is 45.3 Å². The van der Waals surface area contributed by atoms with Gasteiger partial charge in [-0.2, -0.15) is 4.31 Å². The Balaban J connectivity index is 1.82. The third-order valence-corrected chi connectivity index (χ3v) is 8.75. The van der Waals surface area contributed by atoms with Crippen LogP contribution in [0.3, 0.4) is 0 Å². The van der Waals surface area contributed by atoms with Crippen molar-refractivity contribution in [3.8, 4) is 0 Å². The Morgan fingerprint density at radius 1 is 1.00 bits per heavy atom. The Bertz CT molecular complexity index is 1160. The number of carboxylic acids is 1. The minimum absolute atomic E-state index is 0.0244. The van der Waals surface area contributed by atoms with Crippen molar-refractivity contribution in [2.75, 3.05) is 17.8 Å². The molecule has 1 aliphatic rings. The highest BCUT2D eigenvalue weighted by molar-refractivity contribution is 7.92. The van der Waals surface area contributed by atoms with E-state index in [-0.39, 0.29) is 33.3 Å². The van der Waals surface area contributed by atoms with Gasteiger partial charge in [-0.05, 0) is 55.2 Å². The van der Waals surface area contributed by atoms with Gasteiger partial charge in [0.1, 0.15) is 4.90 Å². The summed E-state index contributed by atoms with van der Waals surface area (Å²) >= 11 is 6.13. The van der Waals surface area contributed by atoms with Crippen LogP contribution >= 0.6 is 11.6 Å². The summed E-state index contributed by atoms with van der Waals surface area (Å²) in [5.41, 5.74) is 0.776. The Morgan fingerprint density at radius 2 is 1.65 bits per heavy atom. The van der Waals surface area contributed by atoms with Gasteiger partial charge in [0, 0.05) is 19.5 Å². The molecular formula is C20H23ClN2O6S2. The van der Waals surface area contributed by atoms with Crippen LogP contribution in [0.4, 0.5) is 5.69 Å². The minimum atomic E-state index is -3.98. The summed E-state index contributed by atoms with van der Waals surface area (Å²) in [7, 11) is -7.81. The predicted molar refractivity (Wildman–Crippen MR) is 117 cm³/mol. The first-order valence-corrected chi connectivity index (χ1v) is 13.0. The highest BCUT2D eigenvalue weighted by Crippen LogP contribution is 2.30. The molecule has 0 aliphatic carbocycles. The number of aryl methyl sites for hydroxylation is 1. The lowest BCUT2D eigenvalue weighted by Crippen LogP contribution is -2.35. The number of nitrogens with one attached hydrogen (secondary N) is 1. The van der Waals surface area contributed by atoms with Crippen LogP contribution < -0.4 is 4.72 Å². The predicted octanol–water partition coefficient (Wildman–Crippen LogP) is 3.33. The first-order valence-electron chi connectivity index (χ1n) is 9.73. The second kappa shape index (κ2) is 9.56. The van der Waals surface area contributed by atoms with Gasteiger partial charge in [0.2, 0.25) is 10.0 Å². The lowest BCUT2D eigenvalue weighted by molar-refractivity contribution is -0.136. The third kappa shape index (κ3) is 5.76. The lowest BCUT2D eigenvalue weighted by Gasteiger charge is -2.26.